The van der Waals surface area contributed by atoms with Crippen LogP contribution in [0.2, 0.25) is 0 Å². The summed E-state index contributed by atoms with van der Waals surface area (Å²) in [7, 11) is 0. The molecule has 2 bridgehead atoms. The maximum Gasteiger partial charge on any atom is 0.252 e. The van der Waals surface area contributed by atoms with Gasteiger partial charge in [-0.25, -0.2) is 15.0 Å². The molecule has 5 rings (SSSR count). The van der Waals surface area contributed by atoms with E-state index in [-0.39, 0.29) is 28.7 Å². The number of carbonyl (C=O) groups excluding carboxylic acids is 1. The topological polar surface area (TPSA) is 169 Å². The van der Waals surface area contributed by atoms with E-state index in [9.17, 15) is 20.1 Å². The van der Waals surface area contributed by atoms with Crippen molar-refractivity contribution in [2.75, 3.05) is 12.3 Å². The zero-order valence-corrected chi connectivity index (χ0v) is 17.6. The van der Waals surface area contributed by atoms with Gasteiger partial charge in [-0.1, -0.05) is 5.92 Å². The third-order valence-electron chi connectivity index (χ3n) is 6.78. The molecule has 0 aromatic carbocycles. The number of hydrogen-bond acceptors (Lipinski definition) is 9. The van der Waals surface area contributed by atoms with Crippen LogP contribution in [-0.2, 0) is 9.53 Å². The van der Waals surface area contributed by atoms with E-state index in [1.807, 2.05) is 0 Å². The van der Waals surface area contributed by atoms with E-state index in [4.69, 9.17) is 10.5 Å². The van der Waals surface area contributed by atoms with Gasteiger partial charge in [-0.2, -0.15) is 0 Å². The Morgan fingerprint density at radius 2 is 2.19 bits per heavy atom. The number of aliphatic hydroxyl groups excluding tert-OH is 2. The molecule has 3 fully saturated rings. The molecule has 0 spiro atoms. The van der Waals surface area contributed by atoms with Gasteiger partial charge < -0.3 is 31.1 Å². The molecule has 32 heavy (non-hydrogen) atoms. The first kappa shape index (κ1) is 21.1. The Bertz CT molecular complexity index is 1130. The number of nitrogens with zero attached hydrogens (tertiary/aromatic N) is 4. The van der Waals surface area contributed by atoms with Crippen LogP contribution in [0, 0.1) is 23.7 Å². The number of nitrogens with one attached hydrogen (secondary N) is 1. The van der Waals surface area contributed by atoms with Crippen LogP contribution in [-0.4, -0.2) is 71.2 Å². The third-order valence-corrected chi connectivity index (χ3v) is 6.78. The number of rotatable bonds is 3. The minimum Gasteiger partial charge on any atom is -0.387 e. The Hall–Kier alpha value is -2.78. The van der Waals surface area contributed by atoms with Gasteiger partial charge in [0.25, 0.3) is 5.91 Å². The zero-order valence-electron chi connectivity index (χ0n) is 17.6. The second-order valence-electron chi connectivity index (χ2n) is 8.83. The Morgan fingerprint density at radius 3 is 2.88 bits per heavy atom. The van der Waals surface area contributed by atoms with E-state index in [0.717, 1.165) is 19.3 Å². The molecular formula is C21H26N6O5. The predicted molar refractivity (Wildman–Crippen MR) is 112 cm³/mol. The number of aromatic nitrogens is 4. The number of amides is 1. The average molecular weight is 442 g/mol. The summed E-state index contributed by atoms with van der Waals surface area (Å²) in [6, 6.07) is 0. The van der Waals surface area contributed by atoms with Crippen LogP contribution in [0.5, 0.6) is 0 Å². The van der Waals surface area contributed by atoms with Crippen molar-refractivity contribution < 1.29 is 24.9 Å². The van der Waals surface area contributed by atoms with Crippen molar-refractivity contribution in [3.05, 3.63) is 12.2 Å². The van der Waals surface area contributed by atoms with Crippen molar-refractivity contribution in [3.63, 3.8) is 0 Å². The van der Waals surface area contributed by atoms with Gasteiger partial charge >= 0.3 is 0 Å². The summed E-state index contributed by atoms with van der Waals surface area (Å²) < 4.78 is 7.06. The van der Waals surface area contributed by atoms with Crippen molar-refractivity contribution in [3.8, 4) is 11.8 Å². The monoisotopic (exact) mass is 442 g/mol. The van der Waals surface area contributed by atoms with E-state index < -0.39 is 36.0 Å². The molecule has 2 aromatic heterocycles. The highest BCUT2D eigenvalue weighted by atomic mass is 16.6. The van der Waals surface area contributed by atoms with Crippen molar-refractivity contribution in [2.24, 2.45) is 11.8 Å². The summed E-state index contributed by atoms with van der Waals surface area (Å²) in [6.07, 6.45) is -0.0440. The largest absolute Gasteiger partial charge is 0.387 e. The lowest BCUT2D eigenvalue weighted by molar-refractivity contribution is -0.137. The highest BCUT2D eigenvalue weighted by Crippen LogP contribution is 2.50. The van der Waals surface area contributed by atoms with Gasteiger partial charge in [0.05, 0.1) is 6.33 Å². The molecule has 0 radical (unpaired) electrons. The van der Waals surface area contributed by atoms with Crippen LogP contribution in [0.4, 0.5) is 5.82 Å². The second kappa shape index (κ2) is 7.67. The Balaban J connectivity index is 1.47. The molecule has 2 saturated carbocycles. The number of fused-ring (bicyclic) bond motifs is 3. The van der Waals surface area contributed by atoms with E-state index >= 15 is 0 Å². The van der Waals surface area contributed by atoms with Gasteiger partial charge in [-0.05, 0) is 50.4 Å². The minimum absolute atomic E-state index is 0.0892. The van der Waals surface area contributed by atoms with Gasteiger partial charge in [0.2, 0.25) is 5.82 Å². The summed E-state index contributed by atoms with van der Waals surface area (Å²) in [5.41, 5.74) is 5.54. The first-order chi connectivity index (χ1) is 15.3. The minimum atomic E-state index is -1.42. The van der Waals surface area contributed by atoms with Crippen molar-refractivity contribution in [2.45, 2.75) is 62.7 Å². The molecule has 2 aliphatic carbocycles. The Labute approximate surface area is 184 Å². The highest BCUT2D eigenvalue weighted by molar-refractivity contribution is 5.83. The summed E-state index contributed by atoms with van der Waals surface area (Å²) in [5, 5.41) is 34.3. The first-order valence-corrected chi connectivity index (χ1v) is 10.9. The van der Waals surface area contributed by atoms with Crippen LogP contribution < -0.4 is 11.1 Å². The van der Waals surface area contributed by atoms with Crippen molar-refractivity contribution >= 4 is 22.9 Å². The lowest BCUT2D eigenvalue weighted by Crippen LogP contribution is -2.42. The van der Waals surface area contributed by atoms with Gasteiger partial charge in [0.15, 0.2) is 23.8 Å². The second-order valence-corrected chi connectivity index (χ2v) is 8.83. The third kappa shape index (κ3) is 3.31. The van der Waals surface area contributed by atoms with Crippen LogP contribution in [0.15, 0.2) is 6.33 Å². The van der Waals surface area contributed by atoms with Crippen LogP contribution in [0.1, 0.15) is 44.7 Å². The molecule has 1 amide bonds. The number of carbonyl (C=O) groups is 1. The van der Waals surface area contributed by atoms with Gasteiger partial charge in [-0.15, -0.1) is 0 Å². The Kier molecular flexibility index (Phi) is 5.05. The van der Waals surface area contributed by atoms with Crippen LogP contribution >= 0.6 is 0 Å². The van der Waals surface area contributed by atoms with E-state index in [2.05, 4.69) is 32.1 Å². The Morgan fingerprint density at radius 1 is 1.38 bits per heavy atom. The number of nitrogen functional groups attached to an aromatic ring is 1. The molecule has 2 aromatic rings. The number of hydrogen-bond donors (Lipinski definition) is 5. The maximum absolute atomic E-state index is 12.2. The number of likely N-dealkylation sites (N-methyl/N-ethyl adjacent to an activating group) is 1. The van der Waals surface area contributed by atoms with Gasteiger partial charge in [0, 0.05) is 6.54 Å². The molecule has 3 aliphatic rings. The molecule has 11 heteroatoms. The molecular weight excluding hydrogens is 416 g/mol. The summed E-state index contributed by atoms with van der Waals surface area (Å²) >= 11 is 0. The molecule has 1 saturated heterocycles. The maximum atomic E-state index is 12.2. The van der Waals surface area contributed by atoms with Crippen molar-refractivity contribution in [1.82, 2.24) is 24.8 Å². The predicted octanol–water partition coefficient (Wildman–Crippen LogP) is -0.934. The molecule has 170 valence electrons. The molecule has 3 heterocycles. The number of ether oxygens (including phenoxy) is 1. The smallest absolute Gasteiger partial charge is 0.252 e. The fourth-order valence-corrected chi connectivity index (χ4v) is 5.18. The van der Waals surface area contributed by atoms with Crippen LogP contribution in [0.3, 0.4) is 0 Å². The van der Waals surface area contributed by atoms with E-state index in [1.165, 1.54) is 10.9 Å². The first-order valence-electron chi connectivity index (χ1n) is 10.9. The fraction of sp³-hybridized carbons (Fsp3) is 0.619. The standard InChI is InChI=1S/C21H26N6O5/c1-2-23-19(30)16-14(28)15(29)20(32-16)27-9-24-13-17(22)25-12(26-18(13)27)5-6-21(31)8-10-3-4-11(21)7-10/h9-11,14-16,20,28-29,31H,2-4,7-8H2,1H3,(H,23,30)(H2,22,25,26)/t10-,11+,14+,15-,16+,20-,21?/m1/s1. The quantitative estimate of drug-likeness (QED) is 0.377. The number of aliphatic hydroxyl groups is 3. The van der Waals surface area contributed by atoms with Crippen LogP contribution in [0.25, 0.3) is 11.2 Å². The molecule has 6 N–H and O–H groups in total. The summed E-state index contributed by atoms with van der Waals surface area (Å²) in [4.78, 5) is 25.0. The number of nitrogens with two attached hydrogens (primary N) is 1. The zero-order chi connectivity index (χ0) is 22.6. The van der Waals surface area contributed by atoms with Gasteiger partial charge in [0.1, 0.15) is 23.3 Å². The normalized spacial score (nSPS) is 35.8. The average Bonchev–Trinajstić information content (AvgIpc) is 3.51. The van der Waals surface area contributed by atoms with E-state index in [0.29, 0.717) is 18.9 Å². The summed E-state index contributed by atoms with van der Waals surface area (Å²) in [5.74, 6) is 6.17. The SMILES string of the molecule is CCNC(=O)[C@H]1O[C@@H](n2cnc3c(N)nc(C#CC4(O)C[C@@H]5CC[C@H]4C5)nc32)[C@H](O)[C@@H]1O. The molecule has 11 nitrogen and oxygen atoms in total. The number of imidazole rings is 1. The van der Waals surface area contributed by atoms with Crippen molar-refractivity contribution in [1.29, 1.82) is 0 Å². The molecule has 7 atom stereocenters. The fourth-order valence-electron chi connectivity index (χ4n) is 5.18. The lowest BCUT2D eigenvalue weighted by atomic mass is 9.85. The summed E-state index contributed by atoms with van der Waals surface area (Å²) in [6.45, 7) is 2.10. The number of anilines is 1. The van der Waals surface area contributed by atoms with Gasteiger partial charge in [-0.3, -0.25) is 9.36 Å². The molecule has 1 unspecified atom stereocenters. The lowest BCUT2D eigenvalue weighted by Gasteiger charge is -2.26. The van der Waals surface area contributed by atoms with E-state index in [1.54, 1.807) is 6.92 Å². The highest BCUT2D eigenvalue weighted by Gasteiger charge is 2.49. The molecule has 1 aliphatic heterocycles.